The maximum Gasteiger partial charge on any atom is 0.285 e. The summed E-state index contributed by atoms with van der Waals surface area (Å²) in [4.78, 5) is 34.9. The lowest BCUT2D eigenvalue weighted by Gasteiger charge is -2.38. The van der Waals surface area contributed by atoms with Gasteiger partial charge >= 0.3 is 0 Å². The number of hydrogen-bond acceptors (Lipinski definition) is 8. The maximum absolute atomic E-state index is 13.5. The number of hydrazine groups is 1. The normalized spacial score (nSPS) is 16.9. The van der Waals surface area contributed by atoms with Gasteiger partial charge in [0.1, 0.15) is 34.0 Å². The first-order chi connectivity index (χ1) is 15.4. The Hall–Kier alpha value is -3.71. The minimum Gasteiger partial charge on any atom is -0.509 e. The van der Waals surface area contributed by atoms with Crippen molar-refractivity contribution in [2.24, 2.45) is 10.9 Å². The predicted molar refractivity (Wildman–Crippen MR) is 118 cm³/mol. The number of rotatable bonds is 4. The van der Waals surface area contributed by atoms with Gasteiger partial charge in [-0.15, -0.1) is 11.8 Å². The number of nitrogens with zero attached hydrogens (tertiary/aromatic N) is 5. The maximum atomic E-state index is 13.5. The van der Waals surface area contributed by atoms with Crippen LogP contribution in [0.4, 0.5) is 15.8 Å². The molecule has 0 atom stereocenters. The summed E-state index contributed by atoms with van der Waals surface area (Å²) in [6, 6.07) is 10.4. The second-order valence-electron chi connectivity index (χ2n) is 7.22. The number of imide groups is 1. The second-order valence-corrected chi connectivity index (χ2v) is 8.01. The van der Waals surface area contributed by atoms with E-state index in [-0.39, 0.29) is 40.4 Å². The number of aliphatic imine (C=N–C) groups is 1. The lowest BCUT2D eigenvalue weighted by Crippen LogP contribution is -2.56. The van der Waals surface area contributed by atoms with E-state index in [4.69, 9.17) is 5.26 Å². The molecule has 162 valence electrons. The van der Waals surface area contributed by atoms with Crippen LogP contribution in [0.3, 0.4) is 0 Å². The molecule has 1 aromatic carbocycles. The number of amides is 2. The first-order valence-electron chi connectivity index (χ1n) is 9.75. The molecule has 2 heterocycles. The Labute approximate surface area is 187 Å². The molecule has 1 saturated carbocycles. The number of aliphatic hydroxyl groups is 1. The van der Waals surface area contributed by atoms with Crippen LogP contribution in [0.5, 0.6) is 0 Å². The summed E-state index contributed by atoms with van der Waals surface area (Å²) in [7, 11) is 0. The number of carbonyl (C=O) groups excluding carboxylic acids is 2. The third kappa shape index (κ3) is 4.20. The summed E-state index contributed by atoms with van der Waals surface area (Å²) in [5.41, 5.74) is 0.906. The van der Waals surface area contributed by atoms with Crippen LogP contribution >= 0.6 is 11.8 Å². The van der Waals surface area contributed by atoms with E-state index in [1.165, 1.54) is 41.5 Å². The van der Waals surface area contributed by atoms with Gasteiger partial charge in [-0.3, -0.25) is 14.6 Å². The SMILES string of the molecule is CSC(=Nc1ccc(F)cc1)C1=C(O)CN(c2ccc(C#N)nc2)N(C(=O)C2CC2)C1=O. The zero-order valence-electron chi connectivity index (χ0n) is 17.0. The molecule has 1 N–H and O–H groups in total. The number of aliphatic hydroxyl groups excluding tert-OH is 1. The molecule has 0 radical (unpaired) electrons. The molecule has 1 fully saturated rings. The van der Waals surface area contributed by atoms with Crippen molar-refractivity contribution in [3.8, 4) is 6.07 Å². The Morgan fingerprint density at radius 2 is 2.00 bits per heavy atom. The van der Waals surface area contributed by atoms with E-state index in [1.807, 2.05) is 6.07 Å². The lowest BCUT2D eigenvalue weighted by atomic mass is 10.1. The fourth-order valence-corrected chi connectivity index (χ4v) is 3.82. The minimum absolute atomic E-state index is 0.0753. The van der Waals surface area contributed by atoms with Crippen molar-refractivity contribution in [3.63, 3.8) is 0 Å². The van der Waals surface area contributed by atoms with Crippen LogP contribution in [0.2, 0.25) is 0 Å². The van der Waals surface area contributed by atoms with Gasteiger partial charge in [0.2, 0.25) is 0 Å². The number of halogens is 1. The third-order valence-corrected chi connectivity index (χ3v) is 5.68. The Balaban J connectivity index is 1.76. The molecule has 1 aliphatic carbocycles. The van der Waals surface area contributed by atoms with E-state index >= 15 is 0 Å². The van der Waals surface area contributed by atoms with Gasteiger partial charge in [0.25, 0.3) is 11.8 Å². The molecule has 32 heavy (non-hydrogen) atoms. The minimum atomic E-state index is -0.703. The van der Waals surface area contributed by atoms with Gasteiger partial charge in [0, 0.05) is 5.92 Å². The molecule has 10 heteroatoms. The Morgan fingerprint density at radius 1 is 1.28 bits per heavy atom. The van der Waals surface area contributed by atoms with Crippen molar-refractivity contribution >= 4 is 40.0 Å². The molecule has 1 aliphatic heterocycles. The molecule has 2 amide bonds. The molecule has 0 spiro atoms. The van der Waals surface area contributed by atoms with Gasteiger partial charge in [0.05, 0.1) is 24.1 Å². The van der Waals surface area contributed by atoms with E-state index in [2.05, 4.69) is 9.98 Å². The Morgan fingerprint density at radius 3 is 2.56 bits per heavy atom. The molecule has 2 aromatic rings. The summed E-state index contributed by atoms with van der Waals surface area (Å²) in [6.45, 7) is -0.157. The zero-order chi connectivity index (χ0) is 22.8. The Bertz CT molecular complexity index is 1170. The van der Waals surface area contributed by atoms with Crippen molar-refractivity contribution in [1.29, 1.82) is 5.26 Å². The lowest BCUT2D eigenvalue weighted by molar-refractivity contribution is -0.144. The van der Waals surface area contributed by atoms with E-state index in [0.29, 0.717) is 24.2 Å². The first kappa shape index (κ1) is 21.5. The average molecular weight is 451 g/mol. The van der Waals surface area contributed by atoms with Crippen LogP contribution in [0.1, 0.15) is 18.5 Å². The number of aromatic nitrogens is 1. The highest BCUT2D eigenvalue weighted by Gasteiger charge is 2.44. The number of anilines is 1. The summed E-state index contributed by atoms with van der Waals surface area (Å²) >= 11 is 1.14. The molecule has 0 unspecified atom stereocenters. The zero-order valence-corrected chi connectivity index (χ0v) is 17.8. The fourth-order valence-electron chi connectivity index (χ4n) is 3.22. The van der Waals surface area contributed by atoms with E-state index in [1.54, 1.807) is 12.3 Å². The molecular weight excluding hydrogens is 433 g/mol. The number of nitriles is 1. The van der Waals surface area contributed by atoms with E-state index in [9.17, 15) is 19.1 Å². The number of carbonyl (C=O) groups is 2. The highest BCUT2D eigenvalue weighted by Crippen LogP contribution is 2.35. The number of benzene rings is 1. The molecule has 8 nitrogen and oxygen atoms in total. The predicted octanol–water partition coefficient (Wildman–Crippen LogP) is 3.50. The second kappa shape index (κ2) is 8.80. The van der Waals surface area contributed by atoms with Crippen LogP contribution in [-0.2, 0) is 9.59 Å². The summed E-state index contributed by atoms with van der Waals surface area (Å²) in [5, 5.41) is 22.4. The van der Waals surface area contributed by atoms with Crippen molar-refractivity contribution < 1.29 is 19.1 Å². The van der Waals surface area contributed by atoms with Crippen molar-refractivity contribution in [3.05, 3.63) is 65.4 Å². The van der Waals surface area contributed by atoms with Crippen molar-refractivity contribution in [2.45, 2.75) is 12.8 Å². The smallest absolute Gasteiger partial charge is 0.285 e. The average Bonchev–Trinajstić information content (AvgIpc) is 3.64. The number of pyridine rings is 1. The van der Waals surface area contributed by atoms with Crippen LogP contribution in [0, 0.1) is 23.1 Å². The molecule has 2 aliphatic rings. The quantitative estimate of drug-likeness (QED) is 0.430. The topological polar surface area (TPSA) is 110 Å². The number of thioether (sulfide) groups is 1. The standard InChI is InChI=1S/C22H18FN5O3S/c1-32-20(26-15-6-4-14(23)5-7-15)19-18(29)12-27(17-9-8-16(10-24)25-11-17)28(22(19)31)21(30)13-2-3-13/h4-9,11,13,29H,2-3,12H2,1H3. The summed E-state index contributed by atoms with van der Waals surface area (Å²) in [6.07, 6.45) is 4.44. The van der Waals surface area contributed by atoms with Gasteiger partial charge < -0.3 is 5.11 Å². The van der Waals surface area contributed by atoms with Gasteiger partial charge in [-0.05, 0) is 55.5 Å². The van der Waals surface area contributed by atoms with Crippen LogP contribution in [0.25, 0.3) is 0 Å². The van der Waals surface area contributed by atoms with Gasteiger partial charge in [-0.1, -0.05) is 0 Å². The number of hydrogen-bond donors (Lipinski definition) is 1. The van der Waals surface area contributed by atoms with Crippen molar-refractivity contribution in [1.82, 2.24) is 9.99 Å². The van der Waals surface area contributed by atoms with E-state index in [0.717, 1.165) is 16.8 Å². The van der Waals surface area contributed by atoms with Crippen LogP contribution < -0.4 is 5.01 Å². The van der Waals surface area contributed by atoms with Crippen LogP contribution in [0.15, 0.2) is 58.9 Å². The molecule has 4 rings (SSSR count). The molecule has 0 bridgehead atoms. The largest absolute Gasteiger partial charge is 0.509 e. The van der Waals surface area contributed by atoms with Gasteiger partial charge in [-0.25, -0.2) is 14.4 Å². The molecule has 1 aromatic heterocycles. The summed E-state index contributed by atoms with van der Waals surface area (Å²) < 4.78 is 13.2. The van der Waals surface area contributed by atoms with E-state index < -0.39 is 11.7 Å². The van der Waals surface area contributed by atoms with Gasteiger partial charge in [0.15, 0.2) is 0 Å². The highest BCUT2D eigenvalue weighted by molar-refractivity contribution is 8.14. The van der Waals surface area contributed by atoms with Crippen molar-refractivity contribution in [2.75, 3.05) is 17.8 Å². The van der Waals surface area contributed by atoms with Crippen LogP contribution in [-0.4, -0.2) is 44.8 Å². The Kier molecular flexibility index (Phi) is 5.92. The molecule has 0 saturated heterocycles. The first-order valence-corrected chi connectivity index (χ1v) is 11.0. The molecular formula is C22H18FN5O3S. The van der Waals surface area contributed by atoms with Gasteiger partial charge in [-0.2, -0.15) is 10.3 Å². The fraction of sp³-hybridized carbons (Fsp3) is 0.227. The highest BCUT2D eigenvalue weighted by atomic mass is 32.2. The monoisotopic (exact) mass is 451 g/mol. The summed E-state index contributed by atoms with van der Waals surface area (Å²) in [5.74, 6) is -2.01. The third-order valence-electron chi connectivity index (χ3n) is 5.00.